The summed E-state index contributed by atoms with van der Waals surface area (Å²) in [6.07, 6.45) is 6.96. The maximum Gasteiger partial charge on any atom is 0.421 e. The average molecular weight is 223 g/mol. The minimum atomic E-state index is -0.501. The van der Waals surface area contributed by atoms with E-state index in [-0.39, 0.29) is 11.5 Å². The van der Waals surface area contributed by atoms with Crippen molar-refractivity contribution < 1.29 is 9.66 Å². The summed E-state index contributed by atoms with van der Waals surface area (Å²) in [6, 6.07) is 0. The number of rotatable bonds is 3. The largest absolute Gasteiger partial charge is 0.434 e. The molecular weight excluding hydrogens is 206 g/mol. The first-order valence-electron chi connectivity index (χ1n) is 6.09. The highest BCUT2D eigenvalue weighted by Gasteiger charge is 2.53. The molecule has 0 radical (unpaired) electrons. The van der Waals surface area contributed by atoms with Crippen LogP contribution >= 0.6 is 0 Å². The summed E-state index contributed by atoms with van der Waals surface area (Å²) in [6.45, 7) is 3.41. The van der Waals surface area contributed by atoms with Crippen molar-refractivity contribution in [3.8, 4) is 0 Å². The lowest BCUT2D eigenvalue weighted by Crippen LogP contribution is -2.52. The lowest BCUT2D eigenvalue weighted by atomic mass is 9.54. The van der Waals surface area contributed by atoms with E-state index in [0.29, 0.717) is 0 Å². The molecule has 0 saturated heterocycles. The monoisotopic (exact) mass is 223 g/mol. The van der Waals surface area contributed by atoms with E-state index in [1.54, 1.807) is 0 Å². The van der Waals surface area contributed by atoms with Crippen LogP contribution in [-0.2, 0) is 4.74 Å². The summed E-state index contributed by atoms with van der Waals surface area (Å²) >= 11 is 0. The molecule has 0 heterocycles. The quantitative estimate of drug-likeness (QED) is 0.420. The molecule has 0 aliphatic heterocycles. The highest BCUT2D eigenvalue weighted by atomic mass is 16.7. The molecule has 0 aromatic rings. The predicted molar refractivity (Wildman–Crippen MR) is 58.1 cm³/mol. The van der Waals surface area contributed by atoms with E-state index in [4.69, 9.17) is 4.74 Å². The maximum absolute atomic E-state index is 10.6. The van der Waals surface area contributed by atoms with Gasteiger partial charge in [0.2, 0.25) is 0 Å². The van der Waals surface area contributed by atoms with Crippen LogP contribution in [0.2, 0.25) is 0 Å². The summed E-state index contributed by atoms with van der Waals surface area (Å²) in [4.78, 5) is 10.1. The van der Waals surface area contributed by atoms with Crippen molar-refractivity contribution in [1.29, 1.82) is 0 Å². The van der Waals surface area contributed by atoms with E-state index in [1.165, 1.54) is 19.3 Å². The highest BCUT2D eigenvalue weighted by molar-refractivity contribution is 5.04. The fraction of sp³-hybridized carbons (Fsp3) is 0.833. The highest BCUT2D eigenvalue weighted by Crippen LogP contribution is 2.57. The first kappa shape index (κ1) is 10.1. The molecule has 4 fully saturated rings. The second-order valence-electron chi connectivity index (χ2n) is 5.85. The van der Waals surface area contributed by atoms with Crippen molar-refractivity contribution in [2.45, 2.75) is 44.1 Å². The maximum atomic E-state index is 10.6. The topological polar surface area (TPSA) is 52.4 Å². The van der Waals surface area contributed by atoms with Crippen LogP contribution in [-0.4, -0.2) is 10.5 Å². The minimum Gasteiger partial charge on any atom is -0.434 e. The molecule has 0 spiro atoms. The number of nitrogens with zero attached hydrogens (tertiary/aromatic N) is 1. The zero-order valence-corrected chi connectivity index (χ0v) is 9.35. The molecule has 4 nitrogen and oxygen atoms in total. The molecule has 4 bridgehead atoms. The minimum absolute atomic E-state index is 0.237. The van der Waals surface area contributed by atoms with Gasteiger partial charge in [-0.2, -0.15) is 0 Å². The number of hydrogen-bond acceptors (Lipinski definition) is 3. The normalized spacial score (nSPS) is 44.4. The molecule has 0 aromatic carbocycles. The van der Waals surface area contributed by atoms with Crippen molar-refractivity contribution in [3.05, 3.63) is 22.6 Å². The van der Waals surface area contributed by atoms with Crippen molar-refractivity contribution in [1.82, 2.24) is 0 Å². The molecule has 88 valence electrons. The van der Waals surface area contributed by atoms with Crippen LogP contribution in [0, 0.1) is 27.9 Å². The second kappa shape index (κ2) is 3.22. The van der Waals surface area contributed by atoms with Gasteiger partial charge in [0.25, 0.3) is 0 Å². The van der Waals surface area contributed by atoms with Gasteiger partial charge in [0, 0.05) is 6.58 Å². The van der Waals surface area contributed by atoms with Crippen molar-refractivity contribution in [3.63, 3.8) is 0 Å². The third-order valence-electron chi connectivity index (χ3n) is 4.52. The Balaban J connectivity index is 1.78. The fourth-order valence-corrected chi connectivity index (χ4v) is 4.44. The zero-order valence-electron chi connectivity index (χ0n) is 9.35. The Kier molecular flexibility index (Phi) is 2.03. The first-order chi connectivity index (χ1) is 7.56. The van der Waals surface area contributed by atoms with E-state index in [1.807, 2.05) is 0 Å². The van der Waals surface area contributed by atoms with E-state index in [9.17, 15) is 10.1 Å². The average Bonchev–Trinajstić information content (AvgIpc) is 2.13. The molecule has 4 rings (SSSR count). The Morgan fingerprint density at radius 3 is 2.00 bits per heavy atom. The summed E-state index contributed by atoms with van der Waals surface area (Å²) in [7, 11) is 0. The molecule has 16 heavy (non-hydrogen) atoms. The summed E-state index contributed by atoms with van der Waals surface area (Å²) in [5.74, 6) is 1.96. The van der Waals surface area contributed by atoms with Gasteiger partial charge in [0.1, 0.15) is 10.5 Å². The van der Waals surface area contributed by atoms with Gasteiger partial charge in [0.15, 0.2) is 0 Å². The van der Waals surface area contributed by atoms with Crippen LogP contribution in [0.1, 0.15) is 38.5 Å². The van der Waals surface area contributed by atoms with Gasteiger partial charge in [-0.1, -0.05) is 0 Å². The Labute approximate surface area is 94.8 Å². The Morgan fingerprint density at radius 1 is 1.19 bits per heavy atom. The van der Waals surface area contributed by atoms with Crippen LogP contribution in [0.15, 0.2) is 12.5 Å². The van der Waals surface area contributed by atoms with Crippen LogP contribution in [0.25, 0.3) is 0 Å². The van der Waals surface area contributed by atoms with Gasteiger partial charge >= 0.3 is 5.88 Å². The molecule has 4 saturated carbocycles. The van der Waals surface area contributed by atoms with Gasteiger partial charge < -0.3 is 4.74 Å². The Bertz CT molecular complexity index is 315. The van der Waals surface area contributed by atoms with Crippen molar-refractivity contribution in [2.24, 2.45) is 17.8 Å². The molecule has 0 atom stereocenters. The molecule has 0 N–H and O–H groups in total. The van der Waals surface area contributed by atoms with E-state index in [2.05, 4.69) is 6.58 Å². The van der Waals surface area contributed by atoms with Gasteiger partial charge in [-0.25, -0.2) is 0 Å². The lowest BCUT2D eigenvalue weighted by molar-refractivity contribution is -0.474. The third-order valence-corrected chi connectivity index (χ3v) is 4.52. The van der Waals surface area contributed by atoms with Crippen molar-refractivity contribution in [2.75, 3.05) is 0 Å². The number of hydrogen-bond donors (Lipinski definition) is 0. The second-order valence-corrected chi connectivity index (χ2v) is 5.85. The standard InChI is InChI=1S/C12H17NO3/c1-8(13(14)15)16-12-5-9-2-10(6-12)4-11(3-9)7-12/h9-11H,1-7H2. The predicted octanol–water partition coefficient (Wildman–Crippen LogP) is 2.72. The summed E-state index contributed by atoms with van der Waals surface area (Å²) in [5, 5.41) is 10.6. The number of nitro groups is 1. The van der Waals surface area contributed by atoms with Gasteiger partial charge in [0.05, 0.1) is 0 Å². The van der Waals surface area contributed by atoms with Crippen LogP contribution < -0.4 is 0 Å². The third kappa shape index (κ3) is 1.51. The molecule has 0 aromatic heterocycles. The van der Waals surface area contributed by atoms with Gasteiger partial charge in [-0.15, -0.1) is 0 Å². The van der Waals surface area contributed by atoms with E-state index < -0.39 is 4.92 Å². The number of ether oxygens (including phenoxy) is 1. The van der Waals surface area contributed by atoms with Crippen LogP contribution in [0.5, 0.6) is 0 Å². The summed E-state index contributed by atoms with van der Waals surface area (Å²) < 4.78 is 5.62. The lowest BCUT2D eigenvalue weighted by Gasteiger charge is -2.55. The summed E-state index contributed by atoms with van der Waals surface area (Å²) in [5.41, 5.74) is -0.237. The Morgan fingerprint density at radius 2 is 1.62 bits per heavy atom. The molecule has 4 heteroatoms. The molecule has 4 aliphatic carbocycles. The molecular formula is C12H17NO3. The fourth-order valence-electron chi connectivity index (χ4n) is 4.44. The van der Waals surface area contributed by atoms with Gasteiger partial charge in [-0.3, -0.25) is 10.1 Å². The smallest absolute Gasteiger partial charge is 0.421 e. The SMILES string of the molecule is C=C(OC12CC3CC(CC(C3)C1)C2)[N+](=O)[O-]. The molecule has 0 amide bonds. The first-order valence-corrected chi connectivity index (χ1v) is 6.09. The van der Waals surface area contributed by atoms with Crippen LogP contribution in [0.3, 0.4) is 0 Å². The van der Waals surface area contributed by atoms with E-state index in [0.717, 1.165) is 37.0 Å². The van der Waals surface area contributed by atoms with Crippen molar-refractivity contribution >= 4 is 0 Å². The van der Waals surface area contributed by atoms with Gasteiger partial charge in [-0.05, 0) is 56.3 Å². The molecule has 4 aliphatic rings. The van der Waals surface area contributed by atoms with E-state index >= 15 is 0 Å². The zero-order chi connectivity index (χ0) is 11.3. The molecule has 0 unspecified atom stereocenters. The Hall–Kier alpha value is -1.06. The van der Waals surface area contributed by atoms with Crippen LogP contribution in [0.4, 0.5) is 0 Å².